The molecule has 10 nitrogen and oxygen atoms in total. The number of thiazole rings is 1. The zero-order chi connectivity index (χ0) is 29.8. The lowest BCUT2D eigenvalue weighted by atomic mass is 9.68. The Morgan fingerprint density at radius 1 is 1.29 bits per heavy atom. The van der Waals surface area contributed by atoms with Crippen molar-refractivity contribution in [1.29, 1.82) is 0 Å². The van der Waals surface area contributed by atoms with E-state index in [9.17, 15) is 18.0 Å². The van der Waals surface area contributed by atoms with Gasteiger partial charge in [-0.15, -0.1) is 17.9 Å². The number of carbonyl (C=O) groups excluding carboxylic acids is 1. The maximum Gasteiger partial charge on any atom is 0.410 e. The van der Waals surface area contributed by atoms with E-state index in [4.69, 9.17) is 13.7 Å². The van der Waals surface area contributed by atoms with E-state index in [2.05, 4.69) is 11.6 Å². The van der Waals surface area contributed by atoms with E-state index in [1.54, 1.807) is 23.2 Å². The first-order chi connectivity index (χ1) is 19.2. The van der Waals surface area contributed by atoms with Gasteiger partial charge < -0.3 is 18.6 Å². The number of benzene rings is 1. The molecule has 0 N–H and O–H groups in total. The van der Waals surface area contributed by atoms with E-state index in [-0.39, 0.29) is 23.0 Å². The van der Waals surface area contributed by atoms with Crippen molar-refractivity contribution in [2.75, 3.05) is 13.1 Å². The van der Waals surface area contributed by atoms with Crippen molar-refractivity contribution in [2.45, 2.75) is 81.5 Å². The molecule has 0 spiro atoms. The Bertz CT molecular complexity index is 1660. The number of hydrogen-bond donors (Lipinski definition) is 0. The van der Waals surface area contributed by atoms with Crippen LogP contribution in [-0.4, -0.2) is 59.2 Å². The normalized spacial score (nSPS) is 24.7. The molecule has 4 heterocycles. The van der Waals surface area contributed by atoms with Crippen molar-refractivity contribution in [3.8, 4) is 5.88 Å². The van der Waals surface area contributed by atoms with Gasteiger partial charge >= 0.3 is 16.2 Å². The SMILES string of the molecule is C=C[C@@]1(c2cn3c(=O)cc(OS(=O)(=O)c4ccc(C)cc4)nc3s2)C[C@@H]2CN(C(=O)OC(C)(C)C)C[C@](CC)(C1)O2. The second kappa shape index (κ2) is 10.2. The molecule has 2 aliphatic heterocycles. The van der Waals surface area contributed by atoms with E-state index >= 15 is 0 Å². The fourth-order valence-corrected chi connectivity index (χ4v) is 7.64. The van der Waals surface area contributed by atoms with Gasteiger partial charge in [-0.2, -0.15) is 13.4 Å². The molecule has 1 amide bonds. The lowest BCUT2D eigenvalue weighted by Gasteiger charge is -2.55. The van der Waals surface area contributed by atoms with Gasteiger partial charge in [0.05, 0.1) is 30.9 Å². The summed E-state index contributed by atoms with van der Waals surface area (Å²) in [5.74, 6) is -0.293. The second-order valence-electron chi connectivity index (χ2n) is 11.9. The van der Waals surface area contributed by atoms with Gasteiger partial charge in [-0.25, -0.2) is 4.79 Å². The van der Waals surface area contributed by atoms with Crippen LogP contribution in [0.2, 0.25) is 0 Å². The maximum absolute atomic E-state index is 13.0. The largest absolute Gasteiger partial charge is 0.444 e. The summed E-state index contributed by atoms with van der Waals surface area (Å²) in [6.07, 6.45) is 4.76. The van der Waals surface area contributed by atoms with Crippen molar-refractivity contribution < 1.29 is 26.9 Å². The molecule has 12 heteroatoms. The Hall–Kier alpha value is -3.22. The molecule has 41 heavy (non-hydrogen) atoms. The molecule has 0 radical (unpaired) electrons. The fraction of sp³-hybridized carbons (Fsp3) is 0.483. The van der Waals surface area contributed by atoms with Crippen molar-refractivity contribution in [1.82, 2.24) is 14.3 Å². The van der Waals surface area contributed by atoms with Crippen LogP contribution in [0, 0.1) is 6.92 Å². The summed E-state index contributed by atoms with van der Waals surface area (Å²) in [6.45, 7) is 14.3. The molecule has 0 saturated carbocycles. The molecule has 2 bridgehead atoms. The number of likely N-dealkylation sites (tertiary alicyclic amines) is 1. The molecule has 0 unspecified atom stereocenters. The summed E-state index contributed by atoms with van der Waals surface area (Å²) >= 11 is 1.29. The minimum absolute atomic E-state index is 0.0263. The van der Waals surface area contributed by atoms with Gasteiger partial charge in [0.2, 0.25) is 5.88 Å². The number of morpholine rings is 1. The lowest BCUT2D eigenvalue weighted by Crippen LogP contribution is -2.63. The van der Waals surface area contributed by atoms with E-state index < -0.39 is 32.3 Å². The number of rotatable bonds is 6. The predicted octanol–water partition coefficient (Wildman–Crippen LogP) is 4.83. The van der Waals surface area contributed by atoms with Crippen LogP contribution in [0.3, 0.4) is 0 Å². The standard InChI is InChI=1S/C29H35N3O7S2/c1-7-28(14-20-15-31(26(34)38-27(4,5)6)18-29(8-2,17-28)37-20)22-16-32-24(33)13-23(30-25(32)40-22)39-41(35,36)21-11-9-19(3)10-12-21/h7,9-13,16,20H,1,8,14-15,17-18H2,2-6H3/t20-,28-,29+/m1/s1. The third-order valence-corrected chi connectivity index (χ3v) is 10.0. The van der Waals surface area contributed by atoms with Crippen LogP contribution in [0.25, 0.3) is 4.96 Å². The van der Waals surface area contributed by atoms with Crippen LogP contribution in [0.1, 0.15) is 57.4 Å². The summed E-state index contributed by atoms with van der Waals surface area (Å²) in [6, 6.07) is 7.30. The average molecular weight is 602 g/mol. The first-order valence-corrected chi connectivity index (χ1v) is 15.7. The monoisotopic (exact) mass is 601 g/mol. The highest BCUT2D eigenvalue weighted by atomic mass is 32.2. The van der Waals surface area contributed by atoms with Crippen LogP contribution in [0.4, 0.5) is 4.79 Å². The first kappa shape index (κ1) is 29.3. The van der Waals surface area contributed by atoms with Gasteiger partial charge in [0, 0.05) is 16.5 Å². The molecule has 3 aromatic rings. The summed E-state index contributed by atoms with van der Waals surface area (Å²) in [4.78, 5) is 33.2. The Kier molecular flexibility index (Phi) is 7.32. The zero-order valence-electron chi connectivity index (χ0n) is 23.9. The predicted molar refractivity (Wildman–Crippen MR) is 155 cm³/mol. The average Bonchev–Trinajstić information content (AvgIpc) is 3.32. The summed E-state index contributed by atoms with van der Waals surface area (Å²) < 4.78 is 44.4. The van der Waals surface area contributed by atoms with Crippen molar-refractivity contribution in [3.63, 3.8) is 0 Å². The van der Waals surface area contributed by atoms with E-state index in [0.29, 0.717) is 37.3 Å². The van der Waals surface area contributed by atoms with Gasteiger partial charge in [-0.1, -0.05) is 30.7 Å². The van der Waals surface area contributed by atoms with Crippen LogP contribution < -0.4 is 9.74 Å². The number of allylic oxidation sites excluding steroid dienone is 1. The molecule has 2 saturated heterocycles. The minimum Gasteiger partial charge on any atom is -0.444 e. The number of aryl methyl sites for hydroxylation is 1. The topological polar surface area (TPSA) is 117 Å². The number of aromatic nitrogens is 2. The number of ether oxygens (including phenoxy) is 2. The zero-order valence-corrected chi connectivity index (χ0v) is 25.5. The molecule has 220 valence electrons. The van der Waals surface area contributed by atoms with Crippen LogP contribution in [0.15, 0.2) is 58.9 Å². The Morgan fingerprint density at radius 3 is 2.63 bits per heavy atom. The van der Waals surface area contributed by atoms with Crippen molar-refractivity contribution >= 4 is 32.5 Å². The summed E-state index contributed by atoms with van der Waals surface area (Å²) in [5.41, 5.74) is -1.33. The molecule has 2 fully saturated rings. The Morgan fingerprint density at radius 2 is 2.00 bits per heavy atom. The van der Waals surface area contributed by atoms with E-state index in [1.807, 2.05) is 40.7 Å². The number of nitrogens with zero attached hydrogens (tertiary/aromatic N) is 3. The second-order valence-corrected chi connectivity index (χ2v) is 14.5. The minimum atomic E-state index is -4.17. The maximum atomic E-state index is 13.0. The highest BCUT2D eigenvalue weighted by molar-refractivity contribution is 7.87. The molecule has 5 rings (SSSR count). The summed E-state index contributed by atoms with van der Waals surface area (Å²) in [5, 5.41) is 0. The third kappa shape index (κ3) is 5.77. The number of hydrogen-bond acceptors (Lipinski definition) is 9. The smallest absolute Gasteiger partial charge is 0.410 e. The van der Waals surface area contributed by atoms with E-state index in [1.165, 1.54) is 27.9 Å². The number of amides is 1. The molecule has 3 atom stereocenters. The molecule has 2 aliphatic rings. The van der Waals surface area contributed by atoms with Gasteiger partial charge in [0.15, 0.2) is 4.96 Å². The van der Waals surface area contributed by atoms with Gasteiger partial charge in [-0.3, -0.25) is 9.20 Å². The Labute approximate surface area is 243 Å². The quantitative estimate of drug-likeness (QED) is 0.291. The first-order valence-electron chi connectivity index (χ1n) is 13.5. The van der Waals surface area contributed by atoms with Crippen LogP contribution in [-0.2, 0) is 25.0 Å². The van der Waals surface area contributed by atoms with Gasteiger partial charge in [0.25, 0.3) is 5.56 Å². The van der Waals surface area contributed by atoms with Crippen LogP contribution >= 0.6 is 11.3 Å². The van der Waals surface area contributed by atoms with Crippen molar-refractivity contribution in [3.05, 3.63) is 70.0 Å². The summed E-state index contributed by atoms with van der Waals surface area (Å²) in [7, 11) is -4.17. The fourth-order valence-electron chi connectivity index (χ4n) is 5.59. The van der Waals surface area contributed by atoms with Gasteiger partial charge in [-0.05, 0) is 59.1 Å². The highest BCUT2D eigenvalue weighted by Crippen LogP contribution is 2.50. The molecular formula is C29H35N3O7S2. The molecular weight excluding hydrogens is 566 g/mol. The number of carbonyl (C=O) groups is 1. The third-order valence-electron chi connectivity index (χ3n) is 7.58. The Balaban J connectivity index is 1.45. The van der Waals surface area contributed by atoms with Gasteiger partial charge in [0.1, 0.15) is 10.5 Å². The lowest BCUT2D eigenvalue weighted by molar-refractivity contribution is -0.193. The van der Waals surface area contributed by atoms with Crippen LogP contribution in [0.5, 0.6) is 5.88 Å². The molecule has 2 aromatic heterocycles. The molecule has 1 aromatic carbocycles. The molecule has 0 aliphatic carbocycles. The highest BCUT2D eigenvalue weighted by Gasteiger charge is 2.53. The number of fused-ring (bicyclic) bond motifs is 3. The van der Waals surface area contributed by atoms with Crippen molar-refractivity contribution in [2.24, 2.45) is 0 Å². The van der Waals surface area contributed by atoms with E-state index in [0.717, 1.165) is 16.5 Å².